The Hall–Kier alpha value is -1.56. The van der Waals surface area contributed by atoms with Gasteiger partial charge in [0.15, 0.2) is 5.60 Å². The molecule has 144 valence electrons. The predicted molar refractivity (Wildman–Crippen MR) is 92.7 cm³/mol. The van der Waals surface area contributed by atoms with Crippen LogP contribution in [-0.2, 0) is 5.60 Å². The lowest BCUT2D eigenvalue weighted by Crippen LogP contribution is -2.44. The number of hydrogen-bond acceptors (Lipinski definition) is 2. The number of rotatable bonds is 4. The van der Waals surface area contributed by atoms with Gasteiger partial charge in [-0.05, 0) is 69.1 Å². The van der Waals surface area contributed by atoms with Crippen molar-refractivity contribution >= 4 is 5.91 Å². The average molecular weight is 369 g/mol. The molecule has 1 aromatic rings. The first kappa shape index (κ1) is 19.2. The molecule has 1 atom stereocenters. The molecule has 0 aliphatic heterocycles. The normalized spacial score (nSPS) is 26.2. The second kappa shape index (κ2) is 6.87. The van der Waals surface area contributed by atoms with Crippen LogP contribution in [0.5, 0.6) is 0 Å². The highest BCUT2D eigenvalue weighted by atomic mass is 19.4. The monoisotopic (exact) mass is 369 g/mol. The maximum atomic E-state index is 13.0. The van der Waals surface area contributed by atoms with Crippen molar-refractivity contribution in [2.45, 2.75) is 76.2 Å². The first-order valence-electron chi connectivity index (χ1n) is 9.33. The van der Waals surface area contributed by atoms with Crippen molar-refractivity contribution in [1.82, 2.24) is 4.90 Å². The Morgan fingerprint density at radius 1 is 1.00 bits per heavy atom. The van der Waals surface area contributed by atoms with Crippen LogP contribution in [0.4, 0.5) is 13.2 Å². The van der Waals surface area contributed by atoms with Gasteiger partial charge in [0.2, 0.25) is 0 Å². The molecule has 0 saturated heterocycles. The van der Waals surface area contributed by atoms with E-state index in [-0.39, 0.29) is 23.6 Å². The van der Waals surface area contributed by atoms with Gasteiger partial charge in [0, 0.05) is 17.6 Å². The number of aliphatic hydroxyl groups is 1. The fourth-order valence-corrected chi connectivity index (χ4v) is 3.75. The highest BCUT2D eigenvalue weighted by molar-refractivity contribution is 5.95. The zero-order valence-electron chi connectivity index (χ0n) is 15.2. The standard InChI is InChI=1S/C20H26F3NO2/c1-13-3-9-16(10-4-13)24(17-11-12-17)18(25)14-5-7-15(8-6-14)19(2,26)20(21,22)23/h5-8,13,16-17,26H,3-4,9-12H2,1-2H3/t13?,16?,19-/m0/s1. The fraction of sp³-hybridized carbons (Fsp3) is 0.650. The summed E-state index contributed by atoms with van der Waals surface area (Å²) < 4.78 is 38.9. The first-order valence-corrected chi connectivity index (χ1v) is 9.33. The summed E-state index contributed by atoms with van der Waals surface area (Å²) in [5, 5.41) is 9.77. The molecule has 0 unspecified atom stereocenters. The average Bonchev–Trinajstić information content (AvgIpc) is 3.41. The minimum atomic E-state index is -4.77. The van der Waals surface area contributed by atoms with E-state index in [2.05, 4.69) is 6.92 Å². The van der Waals surface area contributed by atoms with Gasteiger partial charge in [0.05, 0.1) is 0 Å². The summed E-state index contributed by atoms with van der Waals surface area (Å²) in [6.45, 7) is 2.95. The Bertz CT molecular complexity index is 642. The molecule has 3 rings (SSSR count). The number of carbonyl (C=O) groups excluding carboxylic acids is 1. The Morgan fingerprint density at radius 2 is 1.46 bits per heavy atom. The van der Waals surface area contributed by atoms with Crippen LogP contribution in [0, 0.1) is 5.92 Å². The Balaban J connectivity index is 1.78. The third-order valence-electron chi connectivity index (χ3n) is 5.80. The van der Waals surface area contributed by atoms with Gasteiger partial charge < -0.3 is 10.0 Å². The lowest BCUT2D eigenvalue weighted by Gasteiger charge is -2.36. The van der Waals surface area contributed by atoms with Crippen LogP contribution in [0.25, 0.3) is 0 Å². The maximum Gasteiger partial charge on any atom is 0.421 e. The topological polar surface area (TPSA) is 40.5 Å². The van der Waals surface area contributed by atoms with Gasteiger partial charge in [-0.2, -0.15) is 13.2 Å². The van der Waals surface area contributed by atoms with E-state index in [1.54, 1.807) is 0 Å². The molecule has 6 heteroatoms. The van der Waals surface area contributed by atoms with E-state index in [0.717, 1.165) is 45.4 Å². The van der Waals surface area contributed by atoms with Crippen molar-refractivity contribution in [3.63, 3.8) is 0 Å². The van der Waals surface area contributed by atoms with E-state index in [4.69, 9.17) is 0 Å². The van der Waals surface area contributed by atoms with Crippen molar-refractivity contribution in [3.05, 3.63) is 35.4 Å². The van der Waals surface area contributed by atoms with Crippen LogP contribution in [-0.4, -0.2) is 34.2 Å². The van der Waals surface area contributed by atoms with Crippen molar-refractivity contribution in [2.75, 3.05) is 0 Å². The Labute approximate surface area is 152 Å². The van der Waals surface area contributed by atoms with Gasteiger partial charge in [-0.15, -0.1) is 0 Å². The zero-order valence-corrected chi connectivity index (χ0v) is 15.2. The van der Waals surface area contributed by atoms with Gasteiger partial charge in [-0.1, -0.05) is 19.1 Å². The van der Waals surface area contributed by atoms with Crippen molar-refractivity contribution in [1.29, 1.82) is 0 Å². The summed E-state index contributed by atoms with van der Waals surface area (Å²) in [6.07, 6.45) is 1.42. The van der Waals surface area contributed by atoms with E-state index in [1.165, 1.54) is 24.3 Å². The summed E-state index contributed by atoms with van der Waals surface area (Å²) in [4.78, 5) is 15.0. The number of benzene rings is 1. The van der Waals surface area contributed by atoms with Crippen LogP contribution in [0.1, 0.15) is 68.3 Å². The molecule has 0 radical (unpaired) electrons. The third-order valence-corrected chi connectivity index (χ3v) is 5.80. The summed E-state index contributed by atoms with van der Waals surface area (Å²) in [5.41, 5.74) is -2.80. The van der Waals surface area contributed by atoms with Gasteiger partial charge in [0.1, 0.15) is 0 Å². The van der Waals surface area contributed by atoms with E-state index in [9.17, 15) is 23.1 Å². The number of alkyl halides is 3. The van der Waals surface area contributed by atoms with Gasteiger partial charge in [-0.25, -0.2) is 0 Å². The van der Waals surface area contributed by atoms with Gasteiger partial charge in [-0.3, -0.25) is 4.79 Å². The van der Waals surface area contributed by atoms with Crippen molar-refractivity contribution < 1.29 is 23.1 Å². The number of hydrogen-bond donors (Lipinski definition) is 1. The number of halogens is 3. The van der Waals surface area contributed by atoms with E-state index in [1.807, 2.05) is 4.90 Å². The molecule has 1 aromatic carbocycles. The molecule has 2 aliphatic rings. The molecule has 26 heavy (non-hydrogen) atoms. The first-order chi connectivity index (χ1) is 12.1. The largest absolute Gasteiger partial charge is 0.421 e. The van der Waals surface area contributed by atoms with Crippen molar-refractivity contribution in [2.24, 2.45) is 5.92 Å². The molecule has 2 aliphatic carbocycles. The smallest absolute Gasteiger partial charge is 0.376 e. The summed E-state index contributed by atoms with van der Waals surface area (Å²) in [7, 11) is 0. The molecule has 0 spiro atoms. The van der Waals surface area contributed by atoms with Gasteiger partial charge >= 0.3 is 6.18 Å². The quantitative estimate of drug-likeness (QED) is 0.840. The maximum absolute atomic E-state index is 13.0. The number of amides is 1. The molecule has 3 nitrogen and oxygen atoms in total. The lowest BCUT2D eigenvalue weighted by molar-refractivity contribution is -0.258. The minimum absolute atomic E-state index is 0.106. The van der Waals surface area contributed by atoms with E-state index in [0.29, 0.717) is 11.5 Å². The summed E-state index contributed by atoms with van der Waals surface area (Å²) in [5.74, 6) is 0.580. The highest BCUT2D eigenvalue weighted by Gasteiger charge is 2.51. The lowest BCUT2D eigenvalue weighted by atomic mass is 9.86. The number of carbonyl (C=O) groups is 1. The number of nitrogens with zero attached hydrogens (tertiary/aromatic N) is 1. The van der Waals surface area contributed by atoms with Crippen LogP contribution < -0.4 is 0 Å². The van der Waals surface area contributed by atoms with Crippen LogP contribution in [0.3, 0.4) is 0 Å². The molecular formula is C20H26F3NO2. The SMILES string of the molecule is CC1CCC(N(C(=O)c2ccc([C@](C)(O)C(F)(F)F)cc2)C2CC2)CC1. The van der Waals surface area contributed by atoms with Crippen LogP contribution in [0.15, 0.2) is 24.3 Å². The molecule has 2 fully saturated rings. The van der Waals surface area contributed by atoms with Crippen LogP contribution in [0.2, 0.25) is 0 Å². The molecule has 1 N–H and O–H groups in total. The Morgan fingerprint density at radius 3 is 1.88 bits per heavy atom. The molecular weight excluding hydrogens is 343 g/mol. The second-order valence-electron chi connectivity index (χ2n) is 8.00. The third kappa shape index (κ3) is 3.75. The van der Waals surface area contributed by atoms with Gasteiger partial charge in [0.25, 0.3) is 5.91 Å². The van der Waals surface area contributed by atoms with E-state index >= 15 is 0 Å². The molecule has 2 saturated carbocycles. The molecule has 0 aromatic heterocycles. The van der Waals surface area contributed by atoms with E-state index < -0.39 is 11.8 Å². The van der Waals surface area contributed by atoms with Crippen LogP contribution >= 0.6 is 0 Å². The molecule has 1 amide bonds. The Kier molecular flexibility index (Phi) is 5.08. The summed E-state index contributed by atoms with van der Waals surface area (Å²) in [6, 6.07) is 5.70. The minimum Gasteiger partial charge on any atom is -0.376 e. The highest BCUT2D eigenvalue weighted by Crippen LogP contribution is 2.39. The fourth-order valence-electron chi connectivity index (χ4n) is 3.75. The predicted octanol–water partition coefficient (Wildman–Crippen LogP) is 4.64. The second-order valence-corrected chi connectivity index (χ2v) is 8.00. The summed E-state index contributed by atoms with van der Waals surface area (Å²) >= 11 is 0. The molecule has 0 bridgehead atoms. The molecule has 0 heterocycles. The zero-order chi connectivity index (χ0) is 19.1. The van der Waals surface area contributed by atoms with Crippen molar-refractivity contribution in [3.8, 4) is 0 Å².